The molecule has 0 aliphatic heterocycles. The zero-order valence-electron chi connectivity index (χ0n) is 11.2. The Morgan fingerprint density at radius 3 is 2.80 bits per heavy atom. The number of H-pyrrole nitrogens is 1. The third-order valence-corrected chi connectivity index (χ3v) is 3.06. The van der Waals surface area contributed by atoms with E-state index >= 15 is 0 Å². The highest BCUT2D eigenvalue weighted by atomic mass is 16.2. The molecule has 7 heteroatoms. The van der Waals surface area contributed by atoms with E-state index in [2.05, 4.69) is 20.5 Å². The molecule has 7 nitrogen and oxygen atoms in total. The number of amides is 1. The molecule has 0 aromatic carbocycles. The monoisotopic (exact) mass is 270 g/mol. The molecular formula is C13H14N6O. The number of hydrogen-bond donors (Lipinski definition) is 2. The van der Waals surface area contributed by atoms with E-state index in [-0.39, 0.29) is 5.91 Å². The standard InChI is InChI=1S/C13H14N6O/c1-18-6-3-4-10(18)13(20)15-11-8-9(16-17-11)12-14-5-7-19(12)2/h3-8H,1-2H3,(H2,15,16,17,20). The van der Waals surface area contributed by atoms with Crippen LogP contribution in [0.25, 0.3) is 11.5 Å². The Hall–Kier alpha value is -2.83. The van der Waals surface area contributed by atoms with Crippen LogP contribution in [-0.4, -0.2) is 30.2 Å². The number of aryl methyl sites for hydroxylation is 2. The van der Waals surface area contributed by atoms with Crippen molar-refractivity contribution in [3.8, 4) is 11.5 Å². The normalized spacial score (nSPS) is 10.7. The molecule has 3 aromatic heterocycles. The molecule has 20 heavy (non-hydrogen) atoms. The largest absolute Gasteiger partial charge is 0.347 e. The van der Waals surface area contributed by atoms with Crippen molar-refractivity contribution in [2.75, 3.05) is 5.32 Å². The third kappa shape index (κ3) is 2.09. The first-order chi connectivity index (χ1) is 9.65. The molecule has 2 N–H and O–H groups in total. The lowest BCUT2D eigenvalue weighted by atomic mass is 10.3. The first-order valence-electron chi connectivity index (χ1n) is 6.11. The lowest BCUT2D eigenvalue weighted by Crippen LogP contribution is -2.15. The molecule has 0 unspecified atom stereocenters. The summed E-state index contributed by atoms with van der Waals surface area (Å²) in [4.78, 5) is 16.3. The molecule has 3 rings (SSSR count). The van der Waals surface area contributed by atoms with Crippen molar-refractivity contribution in [3.63, 3.8) is 0 Å². The molecule has 3 aromatic rings. The summed E-state index contributed by atoms with van der Waals surface area (Å²) in [5.41, 5.74) is 1.33. The van der Waals surface area contributed by atoms with Crippen molar-refractivity contribution in [1.82, 2.24) is 24.3 Å². The Morgan fingerprint density at radius 2 is 2.15 bits per heavy atom. The minimum atomic E-state index is -0.199. The number of carbonyl (C=O) groups is 1. The van der Waals surface area contributed by atoms with Gasteiger partial charge in [-0.2, -0.15) is 5.10 Å². The third-order valence-electron chi connectivity index (χ3n) is 3.06. The van der Waals surface area contributed by atoms with E-state index in [0.29, 0.717) is 11.5 Å². The van der Waals surface area contributed by atoms with Gasteiger partial charge in [0, 0.05) is 38.8 Å². The summed E-state index contributed by atoms with van der Waals surface area (Å²) in [7, 11) is 3.71. The second-order valence-electron chi connectivity index (χ2n) is 4.49. The first-order valence-corrected chi connectivity index (χ1v) is 6.11. The highest BCUT2D eigenvalue weighted by molar-refractivity contribution is 6.02. The average Bonchev–Trinajstić information content (AvgIpc) is 3.10. The summed E-state index contributed by atoms with van der Waals surface area (Å²) in [5.74, 6) is 1.03. The highest BCUT2D eigenvalue weighted by Gasteiger charge is 2.12. The Balaban J connectivity index is 1.80. The number of aromatic nitrogens is 5. The van der Waals surface area contributed by atoms with Crippen LogP contribution in [0.1, 0.15) is 10.5 Å². The van der Waals surface area contributed by atoms with Crippen molar-refractivity contribution in [3.05, 3.63) is 42.5 Å². The van der Waals surface area contributed by atoms with Gasteiger partial charge in [0.1, 0.15) is 11.4 Å². The quantitative estimate of drug-likeness (QED) is 0.755. The fourth-order valence-corrected chi connectivity index (χ4v) is 2.00. The fraction of sp³-hybridized carbons (Fsp3) is 0.154. The van der Waals surface area contributed by atoms with Crippen LogP contribution in [0.15, 0.2) is 36.8 Å². The van der Waals surface area contributed by atoms with E-state index in [4.69, 9.17) is 0 Å². The first kappa shape index (κ1) is 12.2. The topological polar surface area (TPSA) is 80.5 Å². The van der Waals surface area contributed by atoms with Crippen LogP contribution in [0, 0.1) is 0 Å². The lowest BCUT2D eigenvalue weighted by Gasteiger charge is -2.02. The number of anilines is 1. The van der Waals surface area contributed by atoms with Crippen molar-refractivity contribution >= 4 is 11.7 Å². The van der Waals surface area contributed by atoms with Gasteiger partial charge < -0.3 is 14.5 Å². The number of rotatable bonds is 3. The van der Waals surface area contributed by atoms with Crippen LogP contribution in [0.4, 0.5) is 5.82 Å². The van der Waals surface area contributed by atoms with E-state index < -0.39 is 0 Å². The second kappa shape index (κ2) is 4.69. The van der Waals surface area contributed by atoms with Gasteiger partial charge in [0.15, 0.2) is 11.6 Å². The number of aromatic amines is 1. The number of nitrogens with zero attached hydrogens (tertiary/aromatic N) is 4. The van der Waals surface area contributed by atoms with Gasteiger partial charge in [0.25, 0.3) is 5.91 Å². The van der Waals surface area contributed by atoms with Crippen molar-refractivity contribution in [2.24, 2.45) is 14.1 Å². The molecule has 102 valence electrons. The fourth-order valence-electron chi connectivity index (χ4n) is 2.00. The molecule has 0 aliphatic rings. The van der Waals surface area contributed by atoms with Gasteiger partial charge in [-0.1, -0.05) is 0 Å². The van der Waals surface area contributed by atoms with Gasteiger partial charge in [-0.25, -0.2) is 4.98 Å². The molecule has 0 radical (unpaired) electrons. The van der Waals surface area contributed by atoms with Gasteiger partial charge in [-0.15, -0.1) is 0 Å². The summed E-state index contributed by atoms with van der Waals surface area (Å²) >= 11 is 0. The molecule has 0 bridgehead atoms. The predicted molar refractivity (Wildman–Crippen MR) is 74.2 cm³/mol. The van der Waals surface area contributed by atoms with E-state index in [1.807, 2.05) is 37.1 Å². The number of imidazole rings is 1. The molecule has 0 spiro atoms. The van der Waals surface area contributed by atoms with Gasteiger partial charge in [-0.3, -0.25) is 9.89 Å². The number of hydrogen-bond acceptors (Lipinski definition) is 3. The molecule has 0 aliphatic carbocycles. The Bertz CT molecular complexity index is 750. The summed E-state index contributed by atoms with van der Waals surface area (Å²) in [6, 6.07) is 5.32. The van der Waals surface area contributed by atoms with Gasteiger partial charge in [0.05, 0.1) is 0 Å². The van der Waals surface area contributed by atoms with Crippen LogP contribution >= 0.6 is 0 Å². The summed E-state index contributed by atoms with van der Waals surface area (Å²) in [6.45, 7) is 0. The Morgan fingerprint density at radius 1 is 1.30 bits per heavy atom. The van der Waals surface area contributed by atoms with E-state index in [1.165, 1.54) is 0 Å². The minimum Gasteiger partial charge on any atom is -0.347 e. The van der Waals surface area contributed by atoms with Crippen LogP contribution < -0.4 is 5.32 Å². The Labute approximate surface area is 115 Å². The van der Waals surface area contributed by atoms with Crippen molar-refractivity contribution in [2.45, 2.75) is 0 Å². The second-order valence-corrected chi connectivity index (χ2v) is 4.49. The maximum Gasteiger partial charge on any atom is 0.273 e. The van der Waals surface area contributed by atoms with Crippen LogP contribution in [0.2, 0.25) is 0 Å². The zero-order chi connectivity index (χ0) is 14.1. The molecule has 0 atom stereocenters. The van der Waals surface area contributed by atoms with Gasteiger partial charge in [-0.05, 0) is 12.1 Å². The maximum atomic E-state index is 12.1. The molecule has 0 fully saturated rings. The number of carbonyl (C=O) groups excluding carboxylic acids is 1. The molecule has 3 heterocycles. The van der Waals surface area contributed by atoms with E-state index in [9.17, 15) is 4.79 Å². The van der Waals surface area contributed by atoms with Gasteiger partial charge in [0.2, 0.25) is 0 Å². The Kier molecular flexibility index (Phi) is 2.86. The van der Waals surface area contributed by atoms with Crippen molar-refractivity contribution in [1.29, 1.82) is 0 Å². The van der Waals surface area contributed by atoms with Crippen LogP contribution in [0.5, 0.6) is 0 Å². The summed E-state index contributed by atoms with van der Waals surface area (Å²) in [6.07, 6.45) is 5.37. The molecular weight excluding hydrogens is 256 g/mol. The maximum absolute atomic E-state index is 12.1. The molecule has 1 amide bonds. The minimum absolute atomic E-state index is 0.199. The lowest BCUT2D eigenvalue weighted by molar-refractivity contribution is 0.101. The van der Waals surface area contributed by atoms with Crippen LogP contribution in [0.3, 0.4) is 0 Å². The summed E-state index contributed by atoms with van der Waals surface area (Å²) in [5, 5.41) is 9.68. The number of nitrogens with one attached hydrogen (secondary N) is 2. The van der Waals surface area contributed by atoms with Crippen molar-refractivity contribution < 1.29 is 4.79 Å². The SMILES string of the molecule is Cn1cccc1C(=O)Nc1cc(-c2nccn2C)[nH]n1. The highest BCUT2D eigenvalue weighted by Crippen LogP contribution is 2.17. The molecule has 0 saturated carbocycles. The smallest absolute Gasteiger partial charge is 0.273 e. The predicted octanol–water partition coefficient (Wildman–Crippen LogP) is 1.40. The average molecular weight is 270 g/mol. The summed E-state index contributed by atoms with van der Waals surface area (Å²) < 4.78 is 3.62. The zero-order valence-corrected chi connectivity index (χ0v) is 11.2. The van der Waals surface area contributed by atoms with E-state index in [0.717, 1.165) is 11.5 Å². The van der Waals surface area contributed by atoms with E-state index in [1.54, 1.807) is 22.9 Å². The van der Waals surface area contributed by atoms with Crippen LogP contribution in [-0.2, 0) is 14.1 Å². The molecule has 0 saturated heterocycles. The van der Waals surface area contributed by atoms with Gasteiger partial charge >= 0.3 is 0 Å².